The summed E-state index contributed by atoms with van der Waals surface area (Å²) in [5, 5.41) is 9.15. The van der Waals surface area contributed by atoms with Crippen LogP contribution in [0, 0.1) is 0 Å². The van der Waals surface area contributed by atoms with Crippen LogP contribution < -0.4 is 0 Å². The van der Waals surface area contributed by atoms with E-state index in [1.54, 1.807) is 6.07 Å². The molecule has 122 valence electrons. The molecule has 0 amide bonds. The van der Waals surface area contributed by atoms with Crippen LogP contribution in [0.25, 0.3) is 0 Å². The van der Waals surface area contributed by atoms with E-state index >= 15 is 0 Å². The molecule has 0 bridgehead atoms. The number of carbonyl (C=O) groups is 1. The molecule has 0 aromatic heterocycles. The van der Waals surface area contributed by atoms with Crippen LogP contribution in [0.2, 0.25) is 0 Å². The molecule has 1 fully saturated rings. The highest BCUT2D eigenvalue weighted by Crippen LogP contribution is 2.40. The van der Waals surface area contributed by atoms with Gasteiger partial charge in [-0.15, -0.1) is 23.5 Å². The van der Waals surface area contributed by atoms with E-state index in [4.69, 9.17) is 5.11 Å². The van der Waals surface area contributed by atoms with Crippen LogP contribution in [0.3, 0.4) is 0 Å². The Morgan fingerprint density at radius 3 is 2.55 bits per heavy atom. The van der Waals surface area contributed by atoms with Crippen molar-refractivity contribution in [3.05, 3.63) is 29.8 Å². The van der Waals surface area contributed by atoms with E-state index in [9.17, 15) is 18.0 Å². The highest BCUT2D eigenvalue weighted by Gasteiger charge is 2.31. The maximum atomic E-state index is 12.8. The normalized spacial score (nSPS) is 22.5. The lowest BCUT2D eigenvalue weighted by atomic mass is 10.00. The lowest BCUT2D eigenvalue weighted by molar-refractivity contribution is -0.137. The zero-order valence-corrected chi connectivity index (χ0v) is 13.4. The van der Waals surface area contributed by atoms with Gasteiger partial charge >= 0.3 is 12.1 Å². The average Bonchev–Trinajstić information content (AvgIpc) is 2.46. The van der Waals surface area contributed by atoms with Crippen molar-refractivity contribution in [1.82, 2.24) is 0 Å². The third-order valence-corrected chi connectivity index (χ3v) is 6.48. The van der Waals surface area contributed by atoms with E-state index < -0.39 is 17.7 Å². The minimum absolute atomic E-state index is 0.0459. The molecule has 7 heteroatoms. The van der Waals surface area contributed by atoms with Crippen molar-refractivity contribution in [2.24, 2.45) is 0 Å². The number of halogens is 3. The molecule has 0 radical (unpaired) electrons. The molecule has 0 aliphatic heterocycles. The van der Waals surface area contributed by atoms with Crippen molar-refractivity contribution in [3.63, 3.8) is 0 Å². The van der Waals surface area contributed by atoms with Crippen molar-refractivity contribution in [1.29, 1.82) is 0 Å². The van der Waals surface area contributed by atoms with Crippen molar-refractivity contribution in [2.75, 3.05) is 5.75 Å². The summed E-state index contributed by atoms with van der Waals surface area (Å²) >= 11 is 2.84. The van der Waals surface area contributed by atoms with E-state index in [1.807, 2.05) is 0 Å². The second kappa shape index (κ2) is 7.64. The van der Waals surface area contributed by atoms with Crippen molar-refractivity contribution < 1.29 is 23.1 Å². The van der Waals surface area contributed by atoms with Crippen LogP contribution in [0.4, 0.5) is 13.2 Å². The Morgan fingerprint density at radius 1 is 1.23 bits per heavy atom. The minimum atomic E-state index is -4.33. The van der Waals surface area contributed by atoms with Gasteiger partial charge in [-0.2, -0.15) is 13.2 Å². The van der Waals surface area contributed by atoms with Crippen molar-refractivity contribution in [3.8, 4) is 0 Å². The molecule has 1 aliphatic rings. The summed E-state index contributed by atoms with van der Waals surface area (Å²) in [4.78, 5) is 11.3. The van der Waals surface area contributed by atoms with Gasteiger partial charge < -0.3 is 5.11 Å². The van der Waals surface area contributed by atoms with Gasteiger partial charge in [-0.25, -0.2) is 0 Å². The fourth-order valence-electron chi connectivity index (χ4n) is 2.49. The summed E-state index contributed by atoms with van der Waals surface area (Å²) in [5.41, 5.74) is -0.636. The summed E-state index contributed by atoms with van der Waals surface area (Å²) in [7, 11) is 0. The van der Waals surface area contributed by atoms with Gasteiger partial charge in [-0.05, 0) is 31.0 Å². The molecule has 2 nitrogen and oxygen atoms in total. The summed E-state index contributed by atoms with van der Waals surface area (Å²) in [6.45, 7) is 0. The van der Waals surface area contributed by atoms with Gasteiger partial charge in [0.05, 0.1) is 11.3 Å². The summed E-state index contributed by atoms with van der Waals surface area (Å²) < 4.78 is 38.3. The number of thioether (sulfide) groups is 2. The Hall–Kier alpha value is -0.820. The molecule has 1 saturated carbocycles. The molecule has 1 aromatic rings. The molecule has 22 heavy (non-hydrogen) atoms. The van der Waals surface area contributed by atoms with E-state index in [0.29, 0.717) is 4.90 Å². The number of aliphatic carboxylic acids is 1. The van der Waals surface area contributed by atoms with Crippen molar-refractivity contribution >= 4 is 29.5 Å². The van der Waals surface area contributed by atoms with E-state index in [-0.39, 0.29) is 16.3 Å². The van der Waals surface area contributed by atoms with Crippen LogP contribution in [0.1, 0.15) is 31.2 Å². The summed E-state index contributed by atoms with van der Waals surface area (Å²) in [6, 6.07) is 5.36. The molecule has 2 atom stereocenters. The Kier molecular flexibility index (Phi) is 6.09. The lowest BCUT2D eigenvalue weighted by Gasteiger charge is -2.30. The Bertz CT molecular complexity index is 520. The van der Waals surface area contributed by atoms with Gasteiger partial charge in [-0.1, -0.05) is 18.9 Å². The standard InChI is InChI=1S/C15H17F3O2S2/c16-15(17,18)10-4-3-5-11(8-10)22-13-7-2-1-6-12(13)21-9-14(19)20/h3-5,8,12-13H,1-2,6-7,9H2,(H,19,20)/t12-,13-/m1/s1. The van der Waals surface area contributed by atoms with Gasteiger partial charge in [0.1, 0.15) is 0 Å². The summed E-state index contributed by atoms with van der Waals surface area (Å²) in [5.74, 6) is -0.803. The number of benzene rings is 1. The first-order valence-electron chi connectivity index (χ1n) is 7.03. The zero-order valence-electron chi connectivity index (χ0n) is 11.8. The first-order valence-corrected chi connectivity index (χ1v) is 8.96. The molecule has 0 heterocycles. The van der Waals surface area contributed by atoms with Crippen LogP contribution in [-0.4, -0.2) is 27.3 Å². The number of carboxylic acid groups (broad SMARTS) is 1. The topological polar surface area (TPSA) is 37.3 Å². The third kappa shape index (κ3) is 5.12. The molecule has 1 aromatic carbocycles. The number of rotatable bonds is 5. The first-order chi connectivity index (χ1) is 10.4. The van der Waals surface area contributed by atoms with Gasteiger partial charge in [0, 0.05) is 15.4 Å². The SMILES string of the molecule is O=C(O)CS[C@@H]1CCCC[C@H]1Sc1cccc(C(F)(F)F)c1. The van der Waals surface area contributed by atoms with Crippen molar-refractivity contribution in [2.45, 2.75) is 47.3 Å². The largest absolute Gasteiger partial charge is 0.481 e. The number of hydrogen-bond acceptors (Lipinski definition) is 3. The number of carboxylic acids is 1. The highest BCUT2D eigenvalue weighted by molar-refractivity contribution is 8.04. The molecule has 2 rings (SSSR count). The minimum Gasteiger partial charge on any atom is -0.481 e. The third-order valence-electron chi connectivity index (χ3n) is 3.51. The van der Waals surface area contributed by atoms with E-state index in [1.165, 1.54) is 35.7 Å². The Morgan fingerprint density at radius 2 is 1.91 bits per heavy atom. The maximum Gasteiger partial charge on any atom is 0.416 e. The lowest BCUT2D eigenvalue weighted by Crippen LogP contribution is -2.25. The van der Waals surface area contributed by atoms with E-state index in [2.05, 4.69) is 0 Å². The molecular weight excluding hydrogens is 333 g/mol. The Balaban J connectivity index is 2.05. The molecular formula is C15H17F3O2S2. The average molecular weight is 350 g/mol. The monoisotopic (exact) mass is 350 g/mol. The predicted molar refractivity (Wildman–Crippen MR) is 83.4 cm³/mol. The molecule has 1 N–H and O–H groups in total. The second-order valence-electron chi connectivity index (χ2n) is 5.21. The molecule has 0 saturated heterocycles. The second-order valence-corrected chi connectivity index (χ2v) is 7.75. The maximum absolute atomic E-state index is 12.8. The van der Waals surface area contributed by atoms with Crippen LogP contribution in [-0.2, 0) is 11.0 Å². The smallest absolute Gasteiger partial charge is 0.416 e. The van der Waals surface area contributed by atoms with Gasteiger partial charge in [0.25, 0.3) is 0 Å². The van der Waals surface area contributed by atoms with Crippen LogP contribution in [0.15, 0.2) is 29.2 Å². The van der Waals surface area contributed by atoms with Gasteiger partial charge in [0.2, 0.25) is 0 Å². The predicted octanol–water partition coefficient (Wildman–Crippen LogP) is 4.93. The molecule has 1 aliphatic carbocycles. The number of alkyl halides is 3. The van der Waals surface area contributed by atoms with Crippen LogP contribution in [0.5, 0.6) is 0 Å². The van der Waals surface area contributed by atoms with Gasteiger partial charge in [-0.3, -0.25) is 4.79 Å². The number of hydrogen-bond donors (Lipinski definition) is 1. The highest BCUT2D eigenvalue weighted by atomic mass is 32.2. The fraction of sp³-hybridized carbons (Fsp3) is 0.533. The quantitative estimate of drug-likeness (QED) is 0.817. The van der Waals surface area contributed by atoms with Gasteiger partial charge in [0.15, 0.2) is 0 Å². The van der Waals surface area contributed by atoms with E-state index in [0.717, 1.165) is 31.7 Å². The molecule has 0 unspecified atom stereocenters. The van der Waals surface area contributed by atoms with Crippen LogP contribution >= 0.6 is 23.5 Å². The fourth-order valence-corrected chi connectivity index (χ4v) is 5.20. The molecule has 0 spiro atoms. The first kappa shape index (κ1) is 17.5. The zero-order chi connectivity index (χ0) is 16.2. The Labute approximate surface area is 135 Å². The summed E-state index contributed by atoms with van der Waals surface area (Å²) in [6.07, 6.45) is -0.398.